The fraction of sp³-hybridized carbons (Fsp3) is 0.167. The highest BCUT2D eigenvalue weighted by Crippen LogP contribution is 2.38. The summed E-state index contributed by atoms with van der Waals surface area (Å²) in [7, 11) is 1.77. The first kappa shape index (κ1) is 22.2. The summed E-state index contributed by atoms with van der Waals surface area (Å²) in [6, 6.07) is 14.6. The number of halogens is 2. The molecule has 2 aromatic heterocycles. The van der Waals surface area contributed by atoms with E-state index in [0.717, 1.165) is 16.3 Å². The van der Waals surface area contributed by atoms with Gasteiger partial charge in [0.05, 0.1) is 28.0 Å². The molecule has 2 aromatic carbocycles. The molecule has 0 aliphatic carbocycles. The van der Waals surface area contributed by atoms with E-state index in [4.69, 9.17) is 11.6 Å². The first-order valence-corrected chi connectivity index (χ1v) is 11.7. The summed E-state index contributed by atoms with van der Waals surface area (Å²) in [5, 5.41) is 11.9. The Morgan fingerprint density at radius 2 is 1.74 bits per heavy atom. The molecule has 34 heavy (non-hydrogen) atoms. The van der Waals surface area contributed by atoms with Gasteiger partial charge in [-0.2, -0.15) is 0 Å². The fourth-order valence-electron chi connectivity index (χ4n) is 4.07. The van der Waals surface area contributed by atoms with Crippen LogP contribution in [0.4, 0.5) is 9.39 Å². The number of aryl methyl sites for hydroxylation is 1. The highest BCUT2D eigenvalue weighted by Gasteiger charge is 2.36. The van der Waals surface area contributed by atoms with Crippen molar-refractivity contribution in [2.75, 3.05) is 11.9 Å². The summed E-state index contributed by atoms with van der Waals surface area (Å²) >= 11 is 7.80. The molecule has 1 aliphatic rings. The maximum absolute atomic E-state index is 14.5. The second-order valence-corrected chi connectivity index (χ2v) is 9.60. The van der Waals surface area contributed by atoms with E-state index in [1.807, 2.05) is 6.07 Å². The minimum absolute atomic E-state index is 0.0683. The van der Waals surface area contributed by atoms with Crippen molar-refractivity contribution >= 4 is 39.8 Å². The molecule has 0 spiro atoms. The lowest BCUT2D eigenvalue weighted by Gasteiger charge is -2.24. The maximum Gasteiger partial charge on any atom is 0.261 e. The number of aromatic nitrogens is 3. The third-order valence-corrected chi connectivity index (χ3v) is 7.02. The van der Waals surface area contributed by atoms with Crippen LogP contribution < -0.4 is 5.32 Å². The van der Waals surface area contributed by atoms with E-state index in [0.29, 0.717) is 21.0 Å². The molecule has 1 N–H and O–H groups in total. The van der Waals surface area contributed by atoms with Crippen molar-refractivity contribution in [3.63, 3.8) is 0 Å². The number of benzene rings is 2. The maximum atomic E-state index is 14.5. The third-order valence-electron chi connectivity index (χ3n) is 5.73. The number of anilines is 1. The van der Waals surface area contributed by atoms with Gasteiger partial charge in [-0.25, -0.2) is 9.07 Å². The van der Waals surface area contributed by atoms with E-state index in [9.17, 15) is 14.0 Å². The average Bonchev–Trinajstić information content (AvgIpc) is 3.48. The molecule has 172 valence electrons. The van der Waals surface area contributed by atoms with Crippen LogP contribution in [0.5, 0.6) is 0 Å². The Balaban J connectivity index is 1.44. The van der Waals surface area contributed by atoms with Gasteiger partial charge >= 0.3 is 0 Å². The average molecular weight is 496 g/mol. The molecule has 0 unspecified atom stereocenters. The summed E-state index contributed by atoms with van der Waals surface area (Å²) in [6.45, 7) is 0.0683. The summed E-state index contributed by atoms with van der Waals surface area (Å²) in [4.78, 5) is 27.1. The molecule has 1 aliphatic heterocycles. The Labute approximate surface area is 203 Å². The van der Waals surface area contributed by atoms with Gasteiger partial charge in [0, 0.05) is 25.2 Å². The first-order valence-electron chi connectivity index (χ1n) is 10.5. The highest BCUT2D eigenvalue weighted by molar-refractivity contribution is 7.20. The zero-order valence-electron chi connectivity index (χ0n) is 18.0. The molecule has 4 aromatic rings. The van der Waals surface area contributed by atoms with Crippen LogP contribution in [0.3, 0.4) is 0 Å². The molecule has 0 bridgehead atoms. The molecule has 2 amide bonds. The molecule has 7 nitrogen and oxygen atoms in total. The summed E-state index contributed by atoms with van der Waals surface area (Å²) < 4.78 is 16.6. The van der Waals surface area contributed by atoms with Crippen LogP contribution in [0, 0.1) is 5.82 Å². The van der Waals surface area contributed by atoms with Crippen LogP contribution in [0.25, 0.3) is 11.3 Å². The van der Waals surface area contributed by atoms with Crippen LogP contribution in [0.1, 0.15) is 26.3 Å². The number of nitrogens with one attached hydrogen (secondary N) is 1. The zero-order valence-corrected chi connectivity index (χ0v) is 19.6. The van der Waals surface area contributed by atoms with E-state index in [-0.39, 0.29) is 30.6 Å². The lowest BCUT2D eigenvalue weighted by molar-refractivity contribution is 0.0647. The summed E-state index contributed by atoms with van der Waals surface area (Å²) in [5.74, 6) is -1.05. The number of nitrogens with zero attached hydrogens (tertiary/aromatic N) is 4. The largest absolute Gasteiger partial charge is 0.372 e. The van der Waals surface area contributed by atoms with Crippen molar-refractivity contribution in [3.8, 4) is 11.3 Å². The van der Waals surface area contributed by atoms with E-state index in [2.05, 4.69) is 15.6 Å². The van der Waals surface area contributed by atoms with Crippen molar-refractivity contribution < 1.29 is 14.0 Å². The Hall–Kier alpha value is -3.56. The number of thiophene rings is 1. The van der Waals surface area contributed by atoms with E-state index in [1.165, 1.54) is 22.3 Å². The Morgan fingerprint density at radius 3 is 2.38 bits per heavy atom. The van der Waals surface area contributed by atoms with Crippen molar-refractivity contribution in [1.82, 2.24) is 19.9 Å². The van der Waals surface area contributed by atoms with Crippen LogP contribution in [-0.4, -0.2) is 44.3 Å². The number of amides is 2. The topological polar surface area (TPSA) is 80.1 Å². The minimum Gasteiger partial charge on any atom is -0.372 e. The molecule has 0 saturated heterocycles. The predicted molar refractivity (Wildman–Crippen MR) is 129 cm³/mol. The molecular formula is C24H19ClFN5O2S. The van der Waals surface area contributed by atoms with Gasteiger partial charge in [-0.1, -0.05) is 47.1 Å². The van der Waals surface area contributed by atoms with Crippen LogP contribution in [-0.2, 0) is 13.5 Å². The van der Waals surface area contributed by atoms with Crippen LogP contribution >= 0.6 is 22.9 Å². The van der Waals surface area contributed by atoms with Gasteiger partial charge < -0.3 is 5.32 Å². The van der Waals surface area contributed by atoms with Gasteiger partial charge in [-0.3, -0.25) is 14.5 Å². The van der Waals surface area contributed by atoms with Crippen molar-refractivity contribution in [2.45, 2.75) is 12.5 Å². The molecule has 0 radical (unpaired) electrons. The Kier molecular flexibility index (Phi) is 5.89. The molecule has 10 heteroatoms. The predicted octanol–water partition coefficient (Wildman–Crippen LogP) is 4.66. The smallest absolute Gasteiger partial charge is 0.261 e. The highest BCUT2D eigenvalue weighted by atomic mass is 35.5. The molecule has 5 rings (SSSR count). The molecular weight excluding hydrogens is 477 g/mol. The van der Waals surface area contributed by atoms with Crippen LogP contribution in [0.15, 0.2) is 60.8 Å². The lowest BCUT2D eigenvalue weighted by atomic mass is 10.0. The van der Waals surface area contributed by atoms with Gasteiger partial charge in [0.25, 0.3) is 11.8 Å². The van der Waals surface area contributed by atoms with Gasteiger partial charge in [0.2, 0.25) is 0 Å². The lowest BCUT2D eigenvalue weighted by Crippen LogP contribution is -2.41. The Bertz CT molecular complexity index is 1370. The normalized spacial score (nSPS) is 13.9. The van der Waals surface area contributed by atoms with E-state index in [1.54, 1.807) is 60.4 Å². The van der Waals surface area contributed by atoms with Crippen molar-refractivity contribution in [1.29, 1.82) is 0 Å². The fourth-order valence-corrected chi connectivity index (χ4v) is 5.33. The van der Waals surface area contributed by atoms with E-state index < -0.39 is 6.04 Å². The van der Waals surface area contributed by atoms with Gasteiger partial charge in [-0.15, -0.1) is 16.4 Å². The van der Waals surface area contributed by atoms with Gasteiger partial charge in [0.15, 0.2) is 0 Å². The minimum atomic E-state index is -0.452. The summed E-state index contributed by atoms with van der Waals surface area (Å²) in [6.07, 6.45) is 1.88. The van der Waals surface area contributed by atoms with Crippen molar-refractivity contribution in [2.24, 2.45) is 7.05 Å². The third kappa shape index (κ3) is 4.08. The number of hydrogen-bond donors (Lipinski definition) is 1. The number of carbonyl (C=O) groups is 2. The summed E-state index contributed by atoms with van der Waals surface area (Å²) in [5.41, 5.74) is 2.74. The number of fused-ring (bicyclic) bond motifs is 1. The zero-order chi connectivity index (χ0) is 23.8. The number of imide groups is 1. The van der Waals surface area contributed by atoms with Crippen molar-refractivity contribution in [3.05, 3.63) is 87.6 Å². The quantitative estimate of drug-likeness (QED) is 0.377. The second kappa shape index (κ2) is 9.00. The molecule has 3 heterocycles. The second-order valence-electron chi connectivity index (χ2n) is 7.94. The number of rotatable bonds is 7. The monoisotopic (exact) mass is 495 g/mol. The number of carbonyl (C=O) groups excluding carboxylic acids is 2. The first-order chi connectivity index (χ1) is 16.4. The Morgan fingerprint density at radius 1 is 1.06 bits per heavy atom. The SMILES string of the molecule is Cn1nncc1-c1cc(N[C@@H](Cc2ccccc2F)CN2C(=O)c3ccccc3C2=O)sc1Cl. The van der Waals surface area contributed by atoms with Gasteiger partial charge in [-0.05, 0) is 36.2 Å². The van der Waals surface area contributed by atoms with E-state index >= 15 is 0 Å². The molecule has 1 atom stereocenters. The van der Waals surface area contributed by atoms with Gasteiger partial charge in [0.1, 0.15) is 10.2 Å². The standard InChI is InChI=1S/C24H19ClFN5O2S/c1-30-20(12-27-29-30)18-11-21(34-22(18)25)28-15(10-14-6-2-5-9-19(14)26)13-31-23(32)16-7-3-4-8-17(16)24(31)33/h2-9,11-12,15,28H,10,13H2,1H3/t15-/m0/s1. The number of hydrogen-bond acceptors (Lipinski definition) is 6. The van der Waals surface area contributed by atoms with Crippen LogP contribution in [0.2, 0.25) is 4.34 Å². The molecule has 0 fully saturated rings. The molecule has 0 saturated carbocycles.